The van der Waals surface area contributed by atoms with Gasteiger partial charge in [-0.3, -0.25) is 9.59 Å². The van der Waals surface area contributed by atoms with Crippen LogP contribution < -0.4 is 0 Å². The Hall–Kier alpha value is -1.44. The lowest BCUT2D eigenvalue weighted by Gasteiger charge is -2.11. The van der Waals surface area contributed by atoms with Gasteiger partial charge in [0.05, 0.1) is 0 Å². The van der Waals surface area contributed by atoms with Crippen molar-refractivity contribution in [3.05, 3.63) is 35.4 Å². The fraction of sp³-hybridized carbons (Fsp3) is 0.579. The monoisotopic (exact) mass is 290 g/mol. The van der Waals surface area contributed by atoms with Gasteiger partial charge in [-0.05, 0) is 25.8 Å². The van der Waals surface area contributed by atoms with Gasteiger partial charge in [-0.15, -0.1) is 0 Å². The first kappa shape index (κ1) is 19.6. The van der Waals surface area contributed by atoms with Crippen molar-refractivity contribution >= 4 is 11.6 Å². The highest BCUT2D eigenvalue weighted by Gasteiger charge is 2.16. The molecule has 2 nitrogen and oxygen atoms in total. The maximum Gasteiger partial charge on any atom is 0.165 e. The predicted octanol–water partition coefficient (Wildman–Crippen LogP) is 5.70. The number of hydrogen-bond donors (Lipinski definition) is 0. The zero-order valence-corrected chi connectivity index (χ0v) is 14.2. The smallest absolute Gasteiger partial charge is 0.165 e. The molecule has 0 saturated carbocycles. The summed E-state index contributed by atoms with van der Waals surface area (Å²) in [6.07, 6.45) is 5.77. The first-order chi connectivity index (χ1) is 10.0. The van der Waals surface area contributed by atoms with Gasteiger partial charge in [0.25, 0.3) is 0 Å². The SMILES string of the molecule is CCC(CC)C(=O)c1cccc(C(C)=O)c1.CCCCC. The Morgan fingerprint density at radius 2 is 1.48 bits per heavy atom. The van der Waals surface area contributed by atoms with Crippen LogP contribution in [0.1, 0.15) is 87.4 Å². The highest BCUT2D eigenvalue weighted by molar-refractivity contribution is 6.01. The van der Waals surface area contributed by atoms with E-state index in [1.807, 2.05) is 13.8 Å². The summed E-state index contributed by atoms with van der Waals surface area (Å²) < 4.78 is 0. The lowest BCUT2D eigenvalue weighted by atomic mass is 9.92. The van der Waals surface area contributed by atoms with E-state index < -0.39 is 0 Å². The average Bonchev–Trinajstić information content (AvgIpc) is 2.50. The highest BCUT2D eigenvalue weighted by atomic mass is 16.1. The van der Waals surface area contributed by atoms with E-state index in [0.29, 0.717) is 11.1 Å². The van der Waals surface area contributed by atoms with Crippen molar-refractivity contribution in [3.63, 3.8) is 0 Å². The van der Waals surface area contributed by atoms with Gasteiger partial charge < -0.3 is 0 Å². The molecule has 21 heavy (non-hydrogen) atoms. The van der Waals surface area contributed by atoms with E-state index >= 15 is 0 Å². The molecule has 0 bridgehead atoms. The summed E-state index contributed by atoms with van der Waals surface area (Å²) in [6, 6.07) is 6.99. The van der Waals surface area contributed by atoms with Crippen LogP contribution >= 0.6 is 0 Å². The Kier molecular flexibility index (Phi) is 10.5. The molecule has 1 rings (SSSR count). The zero-order chi connectivity index (χ0) is 16.3. The Balaban J connectivity index is 0.000000690. The van der Waals surface area contributed by atoms with Crippen LogP contribution in [-0.4, -0.2) is 11.6 Å². The van der Waals surface area contributed by atoms with Crippen molar-refractivity contribution in [2.45, 2.75) is 66.7 Å². The topological polar surface area (TPSA) is 34.1 Å². The number of ketones is 2. The van der Waals surface area contributed by atoms with E-state index in [1.54, 1.807) is 24.3 Å². The average molecular weight is 290 g/mol. The van der Waals surface area contributed by atoms with E-state index in [0.717, 1.165) is 12.8 Å². The number of carbonyl (C=O) groups is 2. The third-order valence-corrected chi connectivity index (χ3v) is 3.62. The maximum atomic E-state index is 12.1. The molecule has 0 amide bonds. The molecule has 0 radical (unpaired) electrons. The Labute approximate surface area is 130 Å². The summed E-state index contributed by atoms with van der Waals surface area (Å²) in [4.78, 5) is 23.3. The van der Waals surface area contributed by atoms with Gasteiger partial charge in [0, 0.05) is 17.0 Å². The Bertz CT molecular complexity index is 429. The minimum absolute atomic E-state index is 0.000744. The van der Waals surface area contributed by atoms with Crippen molar-refractivity contribution in [1.82, 2.24) is 0 Å². The van der Waals surface area contributed by atoms with E-state index in [2.05, 4.69) is 13.8 Å². The lowest BCUT2D eigenvalue weighted by Crippen LogP contribution is -2.13. The highest BCUT2D eigenvalue weighted by Crippen LogP contribution is 2.16. The molecule has 0 aliphatic carbocycles. The largest absolute Gasteiger partial charge is 0.295 e. The molecule has 0 saturated heterocycles. The Morgan fingerprint density at radius 3 is 1.86 bits per heavy atom. The zero-order valence-electron chi connectivity index (χ0n) is 14.2. The molecule has 0 N–H and O–H groups in total. The molecule has 2 heteroatoms. The van der Waals surface area contributed by atoms with Crippen molar-refractivity contribution in [3.8, 4) is 0 Å². The standard InChI is InChI=1S/C14H18O2.C5H12/c1-4-11(5-2)14(16)13-8-6-7-12(9-13)10(3)15;1-3-5-4-2/h6-9,11H,4-5H2,1-3H3;3-5H2,1-2H3. The molecule has 0 unspecified atom stereocenters. The van der Waals surface area contributed by atoms with E-state index in [-0.39, 0.29) is 17.5 Å². The van der Waals surface area contributed by atoms with Crippen LogP contribution in [0, 0.1) is 5.92 Å². The summed E-state index contributed by atoms with van der Waals surface area (Å²) in [6.45, 7) is 9.97. The molecule has 1 aromatic rings. The van der Waals surface area contributed by atoms with Gasteiger partial charge in [0.1, 0.15) is 0 Å². The second-order valence-electron chi connectivity index (χ2n) is 5.37. The van der Waals surface area contributed by atoms with Crippen LogP contribution in [0.15, 0.2) is 24.3 Å². The van der Waals surface area contributed by atoms with Gasteiger partial charge in [-0.25, -0.2) is 0 Å². The second-order valence-corrected chi connectivity index (χ2v) is 5.37. The molecular weight excluding hydrogens is 260 g/mol. The quantitative estimate of drug-likeness (QED) is 0.603. The number of benzene rings is 1. The van der Waals surface area contributed by atoms with Crippen molar-refractivity contribution < 1.29 is 9.59 Å². The molecule has 0 aliphatic rings. The third-order valence-electron chi connectivity index (χ3n) is 3.62. The molecule has 1 aromatic carbocycles. The van der Waals surface area contributed by atoms with Gasteiger partial charge in [0.15, 0.2) is 11.6 Å². The van der Waals surface area contributed by atoms with Crippen LogP contribution in [0.3, 0.4) is 0 Å². The fourth-order valence-electron chi connectivity index (χ4n) is 2.14. The van der Waals surface area contributed by atoms with Gasteiger partial charge in [-0.1, -0.05) is 65.2 Å². The number of unbranched alkanes of at least 4 members (excludes halogenated alkanes) is 2. The minimum atomic E-state index is -0.000744. The first-order valence-electron chi connectivity index (χ1n) is 8.16. The second kappa shape index (κ2) is 11.2. The molecule has 0 fully saturated rings. The number of Topliss-reactive ketones (excluding diaryl/α,β-unsaturated/α-hetero) is 2. The maximum absolute atomic E-state index is 12.1. The fourth-order valence-corrected chi connectivity index (χ4v) is 2.14. The van der Waals surface area contributed by atoms with Crippen LogP contribution in [-0.2, 0) is 0 Å². The van der Waals surface area contributed by atoms with Crippen molar-refractivity contribution in [1.29, 1.82) is 0 Å². The van der Waals surface area contributed by atoms with Gasteiger partial charge in [-0.2, -0.15) is 0 Å². The lowest BCUT2D eigenvalue weighted by molar-refractivity contribution is 0.0913. The summed E-state index contributed by atoms with van der Waals surface area (Å²) in [5.41, 5.74) is 1.26. The van der Waals surface area contributed by atoms with E-state index in [1.165, 1.54) is 26.2 Å². The summed E-state index contributed by atoms with van der Waals surface area (Å²) >= 11 is 0. The number of carbonyl (C=O) groups excluding carboxylic acids is 2. The number of rotatable bonds is 7. The summed E-state index contributed by atoms with van der Waals surface area (Å²) in [5.74, 6) is 0.217. The predicted molar refractivity (Wildman–Crippen MR) is 90.0 cm³/mol. The minimum Gasteiger partial charge on any atom is -0.295 e. The molecule has 0 aliphatic heterocycles. The van der Waals surface area contributed by atoms with Crippen LogP contribution in [0.4, 0.5) is 0 Å². The molecule has 0 atom stereocenters. The Morgan fingerprint density at radius 1 is 0.952 bits per heavy atom. The molecule has 118 valence electrons. The van der Waals surface area contributed by atoms with Gasteiger partial charge >= 0.3 is 0 Å². The normalized spacial score (nSPS) is 10.0. The molecule has 0 aromatic heterocycles. The van der Waals surface area contributed by atoms with Crippen LogP contribution in [0.2, 0.25) is 0 Å². The van der Waals surface area contributed by atoms with Gasteiger partial charge in [0.2, 0.25) is 0 Å². The van der Waals surface area contributed by atoms with E-state index in [4.69, 9.17) is 0 Å². The summed E-state index contributed by atoms with van der Waals surface area (Å²) in [7, 11) is 0. The van der Waals surface area contributed by atoms with Crippen molar-refractivity contribution in [2.75, 3.05) is 0 Å². The summed E-state index contributed by atoms with van der Waals surface area (Å²) in [5, 5.41) is 0. The molecular formula is C19H30O2. The van der Waals surface area contributed by atoms with Crippen molar-refractivity contribution in [2.24, 2.45) is 5.92 Å². The third kappa shape index (κ3) is 7.22. The van der Waals surface area contributed by atoms with Crippen LogP contribution in [0.5, 0.6) is 0 Å². The number of hydrogen-bond acceptors (Lipinski definition) is 2. The first-order valence-corrected chi connectivity index (χ1v) is 8.16. The molecule has 0 heterocycles. The van der Waals surface area contributed by atoms with Crippen LogP contribution in [0.25, 0.3) is 0 Å². The molecule has 0 spiro atoms. The van der Waals surface area contributed by atoms with E-state index in [9.17, 15) is 9.59 Å².